The number of fused-ring (bicyclic) bond motifs is 1. The molecule has 9 nitrogen and oxygen atoms in total. The van der Waals surface area contributed by atoms with E-state index in [0.717, 1.165) is 23.6 Å². The number of aliphatic hydroxyl groups is 2. The van der Waals surface area contributed by atoms with Gasteiger partial charge in [0, 0.05) is 30.0 Å². The van der Waals surface area contributed by atoms with Crippen molar-refractivity contribution in [1.29, 1.82) is 5.41 Å². The number of nitrogens with one attached hydrogen (secondary N) is 3. The van der Waals surface area contributed by atoms with E-state index in [0.29, 0.717) is 22.8 Å². The first kappa shape index (κ1) is 21.8. The lowest BCUT2D eigenvalue weighted by atomic mass is 10.1. The number of nitrogens with zero attached hydrogens (tertiary/aromatic N) is 2. The van der Waals surface area contributed by atoms with Gasteiger partial charge in [-0.1, -0.05) is 18.2 Å². The van der Waals surface area contributed by atoms with Gasteiger partial charge in [-0.05, 0) is 53.8 Å². The van der Waals surface area contributed by atoms with Crippen LogP contribution in [0.3, 0.4) is 0 Å². The molecular weight excluding hydrogens is 430 g/mol. The number of carbonyl (C=O) groups is 1. The van der Waals surface area contributed by atoms with Crippen LogP contribution in [0.1, 0.15) is 21.5 Å². The van der Waals surface area contributed by atoms with E-state index >= 15 is 0 Å². The molecule has 10 heteroatoms. The first-order chi connectivity index (χ1) is 15.5. The highest BCUT2D eigenvalue weighted by Gasteiger charge is 2.25. The summed E-state index contributed by atoms with van der Waals surface area (Å²) in [6, 6.07) is 14.9. The molecule has 0 radical (unpaired) electrons. The molecule has 1 aromatic heterocycles. The van der Waals surface area contributed by atoms with Gasteiger partial charge in [0.1, 0.15) is 16.4 Å². The van der Waals surface area contributed by atoms with Crippen molar-refractivity contribution < 1.29 is 20.1 Å². The Kier molecular flexibility index (Phi) is 6.35. The molecule has 0 aliphatic carbocycles. The maximum atomic E-state index is 13.0. The lowest BCUT2D eigenvalue weighted by Gasteiger charge is -2.17. The zero-order valence-electron chi connectivity index (χ0n) is 17.1. The lowest BCUT2D eigenvalue weighted by molar-refractivity contribution is 0.0982. The maximum absolute atomic E-state index is 13.0. The number of rotatable bonds is 7. The quantitative estimate of drug-likeness (QED) is 0.238. The standard InChI is InChI=1S/C22H23N5O4S/c23-19(24-11-16(29)12-28)18-20(30)26-32-21(18)25-15-7-5-14(6-8-15)22(31)27-10-9-13-3-1-2-4-17(13)27/h1-8,16,25,28-29H,9-12H2,(H2,23,24)(H,26,30). The molecule has 0 spiro atoms. The molecule has 0 fully saturated rings. The Hall–Kier alpha value is -3.47. The van der Waals surface area contributed by atoms with Crippen LogP contribution in [0.4, 0.5) is 16.4 Å². The molecule has 6 N–H and O–H groups in total. The van der Waals surface area contributed by atoms with E-state index in [1.165, 1.54) is 5.56 Å². The predicted octanol–water partition coefficient (Wildman–Crippen LogP) is 2.06. The van der Waals surface area contributed by atoms with Crippen LogP contribution in [0, 0.1) is 5.41 Å². The van der Waals surface area contributed by atoms with E-state index in [1.54, 1.807) is 29.2 Å². The highest BCUT2D eigenvalue weighted by molar-refractivity contribution is 7.11. The fraction of sp³-hybridized carbons (Fsp3) is 0.227. The van der Waals surface area contributed by atoms with E-state index in [2.05, 4.69) is 15.0 Å². The van der Waals surface area contributed by atoms with Crippen LogP contribution in [0.25, 0.3) is 0 Å². The Labute approximate surface area is 188 Å². The molecule has 0 bridgehead atoms. The minimum absolute atomic E-state index is 0.0412. The summed E-state index contributed by atoms with van der Waals surface area (Å²) in [5.74, 6) is -0.509. The average Bonchev–Trinajstić information content (AvgIpc) is 3.40. The average molecular weight is 454 g/mol. The van der Waals surface area contributed by atoms with E-state index < -0.39 is 12.7 Å². The summed E-state index contributed by atoms with van der Waals surface area (Å²) >= 11 is 0.984. The highest BCUT2D eigenvalue weighted by Crippen LogP contribution is 2.33. The molecule has 0 saturated carbocycles. The monoisotopic (exact) mass is 453 g/mol. The van der Waals surface area contributed by atoms with E-state index in [9.17, 15) is 15.0 Å². The van der Waals surface area contributed by atoms with E-state index in [1.807, 2.05) is 24.3 Å². The Balaban J connectivity index is 1.46. The second-order valence-electron chi connectivity index (χ2n) is 7.34. The molecule has 1 atom stereocenters. The number of aromatic nitrogens is 1. The van der Waals surface area contributed by atoms with Crippen molar-refractivity contribution >= 4 is 39.7 Å². The van der Waals surface area contributed by atoms with Crippen molar-refractivity contribution in [3.05, 3.63) is 65.2 Å². The Bertz CT molecular complexity index is 1130. The van der Waals surface area contributed by atoms with Crippen LogP contribution in [-0.4, -0.2) is 57.2 Å². The number of hydrogen-bond acceptors (Lipinski definition) is 8. The number of benzene rings is 2. The van der Waals surface area contributed by atoms with Crippen molar-refractivity contribution in [1.82, 2.24) is 9.69 Å². The number of hydrogen-bond donors (Lipinski definition) is 6. The maximum Gasteiger partial charge on any atom is 0.258 e. The van der Waals surface area contributed by atoms with Crippen LogP contribution in [-0.2, 0) is 6.42 Å². The second-order valence-corrected chi connectivity index (χ2v) is 8.11. The molecule has 1 aliphatic rings. The van der Waals surface area contributed by atoms with Crippen LogP contribution in [0.5, 0.6) is 5.88 Å². The molecule has 3 aromatic rings. The molecule has 1 aliphatic heterocycles. The number of carbonyl (C=O) groups excluding carboxylic acids is 1. The minimum atomic E-state index is -1.02. The fourth-order valence-corrected chi connectivity index (χ4v) is 4.21. The first-order valence-electron chi connectivity index (χ1n) is 10.0. The third-order valence-corrected chi connectivity index (χ3v) is 5.92. The summed E-state index contributed by atoms with van der Waals surface area (Å²) in [7, 11) is 0. The Morgan fingerprint density at radius 2 is 1.97 bits per heavy atom. The largest absolute Gasteiger partial charge is 0.492 e. The van der Waals surface area contributed by atoms with Crippen LogP contribution < -0.4 is 15.5 Å². The van der Waals surface area contributed by atoms with Crippen molar-refractivity contribution in [3.8, 4) is 5.88 Å². The van der Waals surface area contributed by atoms with Gasteiger partial charge in [-0.25, -0.2) is 0 Å². The number of anilines is 3. The highest BCUT2D eigenvalue weighted by atomic mass is 32.1. The lowest BCUT2D eigenvalue weighted by Crippen LogP contribution is -2.34. The molecule has 2 aromatic carbocycles. The molecular formula is C22H23N5O4S. The van der Waals surface area contributed by atoms with Gasteiger partial charge in [-0.3, -0.25) is 10.2 Å². The third kappa shape index (κ3) is 4.42. The normalized spacial score (nSPS) is 13.5. The van der Waals surface area contributed by atoms with E-state index in [4.69, 9.17) is 10.5 Å². The van der Waals surface area contributed by atoms with Crippen LogP contribution >= 0.6 is 11.5 Å². The van der Waals surface area contributed by atoms with Gasteiger partial charge in [-0.2, -0.15) is 4.37 Å². The topological polar surface area (TPSA) is 142 Å². The molecule has 32 heavy (non-hydrogen) atoms. The summed E-state index contributed by atoms with van der Waals surface area (Å²) in [5, 5.41) is 42.7. The number of amides is 1. The molecule has 0 saturated heterocycles. The van der Waals surface area contributed by atoms with Gasteiger partial charge in [0.05, 0.1) is 12.7 Å². The number of para-hydroxylation sites is 1. The summed E-state index contributed by atoms with van der Waals surface area (Å²) in [6.07, 6.45) is -0.178. The Morgan fingerprint density at radius 3 is 2.72 bits per heavy atom. The molecule has 2 heterocycles. The second kappa shape index (κ2) is 9.35. The number of amidine groups is 1. The minimum Gasteiger partial charge on any atom is -0.492 e. The van der Waals surface area contributed by atoms with Crippen molar-refractivity contribution in [2.45, 2.75) is 12.5 Å². The van der Waals surface area contributed by atoms with E-state index in [-0.39, 0.29) is 29.7 Å². The zero-order valence-corrected chi connectivity index (χ0v) is 17.9. The van der Waals surface area contributed by atoms with Gasteiger partial charge < -0.3 is 30.9 Å². The molecule has 1 amide bonds. The van der Waals surface area contributed by atoms with Gasteiger partial charge >= 0.3 is 0 Å². The molecule has 1 unspecified atom stereocenters. The third-order valence-electron chi connectivity index (χ3n) is 5.17. The fourth-order valence-electron chi connectivity index (χ4n) is 3.50. The number of aliphatic hydroxyl groups excluding tert-OH is 2. The van der Waals surface area contributed by atoms with Crippen LogP contribution in [0.2, 0.25) is 0 Å². The summed E-state index contributed by atoms with van der Waals surface area (Å²) in [5.41, 5.74) is 3.50. The van der Waals surface area contributed by atoms with Gasteiger partial charge in [0.15, 0.2) is 0 Å². The first-order valence-corrected chi connectivity index (χ1v) is 10.8. The predicted molar refractivity (Wildman–Crippen MR) is 123 cm³/mol. The van der Waals surface area contributed by atoms with Gasteiger partial charge in [0.25, 0.3) is 5.91 Å². The summed E-state index contributed by atoms with van der Waals surface area (Å²) in [6.45, 7) is 0.176. The molecule has 166 valence electrons. The summed E-state index contributed by atoms with van der Waals surface area (Å²) < 4.78 is 3.88. The van der Waals surface area contributed by atoms with Gasteiger partial charge in [0.2, 0.25) is 5.88 Å². The van der Waals surface area contributed by atoms with Crippen LogP contribution in [0.15, 0.2) is 48.5 Å². The van der Waals surface area contributed by atoms with Crippen molar-refractivity contribution in [2.24, 2.45) is 0 Å². The molecule has 4 rings (SSSR count). The van der Waals surface area contributed by atoms with Crippen molar-refractivity contribution in [2.75, 3.05) is 29.9 Å². The Morgan fingerprint density at radius 1 is 1.22 bits per heavy atom. The zero-order chi connectivity index (χ0) is 22.7. The van der Waals surface area contributed by atoms with Gasteiger partial charge in [-0.15, -0.1) is 0 Å². The SMILES string of the molecule is N=C(NCC(O)CO)c1c(O)nsc1Nc1ccc(C(=O)N2CCc3ccccc32)cc1. The van der Waals surface area contributed by atoms with Crippen molar-refractivity contribution in [3.63, 3.8) is 0 Å². The summed E-state index contributed by atoms with van der Waals surface area (Å²) in [4.78, 5) is 14.8. The number of aromatic hydroxyl groups is 1. The smallest absolute Gasteiger partial charge is 0.258 e.